The summed E-state index contributed by atoms with van der Waals surface area (Å²) in [7, 11) is 3.82. The molecule has 0 saturated heterocycles. The molecule has 1 aromatic rings. The van der Waals surface area contributed by atoms with Gasteiger partial charge in [0.05, 0.1) is 37.9 Å². The maximum atomic E-state index is 11.6. The molecule has 0 spiro atoms. The van der Waals surface area contributed by atoms with Crippen LogP contribution in [0.3, 0.4) is 0 Å². The standard InChI is InChI=1S/C14H15NO7/c1-8(16)10(14(17)22-4)5-9-6-12(20-2)13(21-3)7-11(9)15(18)19/h5-7H,1-4H3/b10-5-. The lowest BCUT2D eigenvalue weighted by molar-refractivity contribution is -0.385. The fourth-order valence-electron chi connectivity index (χ4n) is 1.73. The lowest BCUT2D eigenvalue weighted by Crippen LogP contribution is -2.11. The molecule has 0 aliphatic rings. The zero-order valence-corrected chi connectivity index (χ0v) is 12.5. The van der Waals surface area contributed by atoms with Gasteiger partial charge in [0.2, 0.25) is 0 Å². The Labute approximate surface area is 126 Å². The third-order valence-electron chi connectivity index (χ3n) is 2.81. The van der Waals surface area contributed by atoms with Crippen molar-refractivity contribution in [3.05, 3.63) is 33.4 Å². The molecular formula is C14H15NO7. The Hall–Kier alpha value is -2.90. The van der Waals surface area contributed by atoms with Crippen molar-refractivity contribution >= 4 is 23.5 Å². The summed E-state index contributed by atoms with van der Waals surface area (Å²) in [6.45, 7) is 1.16. The summed E-state index contributed by atoms with van der Waals surface area (Å²) in [4.78, 5) is 33.6. The van der Waals surface area contributed by atoms with E-state index in [4.69, 9.17) is 9.47 Å². The minimum absolute atomic E-state index is 0.0262. The van der Waals surface area contributed by atoms with Gasteiger partial charge in [0, 0.05) is 0 Å². The molecule has 0 aliphatic heterocycles. The Balaban J connectivity index is 3.59. The monoisotopic (exact) mass is 309 g/mol. The van der Waals surface area contributed by atoms with Crippen molar-refractivity contribution in [2.75, 3.05) is 21.3 Å². The first-order valence-electron chi connectivity index (χ1n) is 6.07. The summed E-state index contributed by atoms with van der Waals surface area (Å²) in [5.41, 5.74) is -0.614. The number of Topliss-reactive ketones (excluding diaryl/α,β-unsaturated/α-hetero) is 1. The number of carbonyl (C=O) groups is 2. The first kappa shape index (κ1) is 17.2. The summed E-state index contributed by atoms with van der Waals surface area (Å²) in [6, 6.07) is 2.46. The highest BCUT2D eigenvalue weighted by molar-refractivity contribution is 6.20. The molecule has 8 nitrogen and oxygen atoms in total. The van der Waals surface area contributed by atoms with Crippen LogP contribution in [0.4, 0.5) is 5.69 Å². The number of nitrogens with zero attached hydrogens (tertiary/aromatic N) is 1. The first-order valence-corrected chi connectivity index (χ1v) is 6.07. The summed E-state index contributed by atoms with van der Waals surface area (Å²) in [6.07, 6.45) is 1.09. The normalized spacial score (nSPS) is 10.8. The van der Waals surface area contributed by atoms with E-state index in [1.807, 2.05) is 0 Å². The molecule has 1 rings (SSSR count). The molecule has 0 aliphatic carbocycles. The zero-order valence-electron chi connectivity index (χ0n) is 12.5. The van der Waals surface area contributed by atoms with Crippen molar-refractivity contribution in [2.45, 2.75) is 6.92 Å². The highest BCUT2D eigenvalue weighted by Gasteiger charge is 2.22. The van der Waals surface area contributed by atoms with Crippen LogP contribution in [0, 0.1) is 10.1 Å². The maximum absolute atomic E-state index is 11.6. The van der Waals surface area contributed by atoms with Gasteiger partial charge >= 0.3 is 5.97 Å². The first-order chi connectivity index (χ1) is 10.3. The quantitative estimate of drug-likeness (QED) is 0.197. The van der Waals surface area contributed by atoms with Gasteiger partial charge in [-0.2, -0.15) is 0 Å². The van der Waals surface area contributed by atoms with Crippen LogP contribution >= 0.6 is 0 Å². The molecule has 118 valence electrons. The van der Waals surface area contributed by atoms with Crippen LogP contribution in [0.2, 0.25) is 0 Å². The van der Waals surface area contributed by atoms with Gasteiger partial charge in [0.25, 0.3) is 5.69 Å². The van der Waals surface area contributed by atoms with Crippen LogP contribution in [-0.2, 0) is 14.3 Å². The maximum Gasteiger partial charge on any atom is 0.341 e. The molecular weight excluding hydrogens is 294 g/mol. The topological polar surface area (TPSA) is 105 Å². The third-order valence-corrected chi connectivity index (χ3v) is 2.81. The van der Waals surface area contributed by atoms with Crippen molar-refractivity contribution in [2.24, 2.45) is 0 Å². The number of carbonyl (C=O) groups excluding carboxylic acids is 2. The van der Waals surface area contributed by atoms with Crippen LogP contribution in [0.1, 0.15) is 12.5 Å². The second-order valence-corrected chi connectivity index (χ2v) is 4.13. The molecule has 1 aromatic carbocycles. The van der Waals surface area contributed by atoms with Crippen LogP contribution in [0.25, 0.3) is 6.08 Å². The lowest BCUT2D eigenvalue weighted by Gasteiger charge is -2.09. The number of benzene rings is 1. The van der Waals surface area contributed by atoms with Gasteiger partial charge < -0.3 is 14.2 Å². The number of nitro groups is 1. The fraction of sp³-hybridized carbons (Fsp3) is 0.286. The van der Waals surface area contributed by atoms with Gasteiger partial charge in [-0.05, 0) is 19.1 Å². The van der Waals surface area contributed by atoms with Gasteiger partial charge in [-0.25, -0.2) is 4.79 Å². The number of hydrogen-bond donors (Lipinski definition) is 0. The number of methoxy groups -OCH3 is 3. The molecule has 0 heterocycles. The van der Waals surface area contributed by atoms with E-state index in [1.54, 1.807) is 0 Å². The van der Waals surface area contributed by atoms with E-state index in [0.29, 0.717) is 0 Å². The molecule has 0 radical (unpaired) electrons. The number of nitro benzene ring substituents is 1. The smallest absolute Gasteiger partial charge is 0.341 e. The molecule has 8 heteroatoms. The third kappa shape index (κ3) is 3.60. The Kier molecular flexibility index (Phi) is 5.62. The largest absolute Gasteiger partial charge is 0.493 e. The summed E-state index contributed by atoms with van der Waals surface area (Å²) >= 11 is 0. The molecule has 0 atom stereocenters. The van der Waals surface area contributed by atoms with E-state index in [9.17, 15) is 19.7 Å². The van der Waals surface area contributed by atoms with Crippen LogP contribution in [-0.4, -0.2) is 38.0 Å². The van der Waals surface area contributed by atoms with Gasteiger partial charge in [-0.15, -0.1) is 0 Å². The number of esters is 1. The van der Waals surface area contributed by atoms with E-state index >= 15 is 0 Å². The molecule has 22 heavy (non-hydrogen) atoms. The Morgan fingerprint density at radius 2 is 1.68 bits per heavy atom. The highest BCUT2D eigenvalue weighted by atomic mass is 16.6. The minimum atomic E-state index is -0.878. The summed E-state index contributed by atoms with van der Waals surface area (Å²) in [5, 5.41) is 11.2. The van der Waals surface area contributed by atoms with Crippen molar-refractivity contribution in [1.82, 2.24) is 0 Å². The van der Waals surface area contributed by atoms with Crippen LogP contribution < -0.4 is 9.47 Å². The summed E-state index contributed by atoms with van der Waals surface area (Å²) < 4.78 is 14.6. The van der Waals surface area contributed by atoms with Crippen molar-refractivity contribution in [1.29, 1.82) is 0 Å². The Morgan fingerprint density at radius 1 is 1.14 bits per heavy atom. The number of rotatable bonds is 6. The summed E-state index contributed by atoms with van der Waals surface area (Å²) in [5.74, 6) is -1.06. The predicted molar refractivity (Wildman–Crippen MR) is 76.9 cm³/mol. The van der Waals surface area contributed by atoms with Gasteiger partial charge in [-0.1, -0.05) is 0 Å². The van der Waals surface area contributed by atoms with Crippen molar-refractivity contribution in [3.8, 4) is 11.5 Å². The molecule has 0 aromatic heterocycles. The van der Waals surface area contributed by atoms with E-state index < -0.39 is 16.7 Å². The van der Waals surface area contributed by atoms with E-state index in [0.717, 1.165) is 26.2 Å². The average Bonchev–Trinajstić information content (AvgIpc) is 2.50. The van der Waals surface area contributed by atoms with Crippen LogP contribution in [0.15, 0.2) is 17.7 Å². The van der Waals surface area contributed by atoms with E-state index in [-0.39, 0.29) is 28.3 Å². The fourth-order valence-corrected chi connectivity index (χ4v) is 1.73. The molecule has 0 fully saturated rings. The molecule has 0 N–H and O–H groups in total. The SMILES string of the molecule is COC(=O)/C(=C\c1cc(OC)c(OC)cc1[N+](=O)[O-])C(C)=O. The predicted octanol–water partition coefficient (Wildman–Crippen LogP) is 1.76. The number of ketones is 1. The van der Waals surface area contributed by atoms with E-state index in [1.165, 1.54) is 20.3 Å². The second kappa shape index (κ2) is 7.21. The van der Waals surface area contributed by atoms with Gasteiger partial charge in [0.1, 0.15) is 5.57 Å². The van der Waals surface area contributed by atoms with Crippen molar-refractivity contribution < 1.29 is 28.7 Å². The molecule has 0 bridgehead atoms. The van der Waals surface area contributed by atoms with Crippen molar-refractivity contribution in [3.63, 3.8) is 0 Å². The molecule has 0 saturated carbocycles. The molecule has 0 amide bonds. The molecule has 0 unspecified atom stereocenters. The lowest BCUT2D eigenvalue weighted by atomic mass is 10.1. The van der Waals surface area contributed by atoms with Crippen LogP contribution in [0.5, 0.6) is 11.5 Å². The van der Waals surface area contributed by atoms with Gasteiger partial charge in [-0.3, -0.25) is 14.9 Å². The number of ether oxygens (including phenoxy) is 3. The van der Waals surface area contributed by atoms with Gasteiger partial charge in [0.15, 0.2) is 17.3 Å². The zero-order chi connectivity index (χ0) is 16.9. The average molecular weight is 309 g/mol. The van der Waals surface area contributed by atoms with E-state index in [2.05, 4.69) is 4.74 Å². The second-order valence-electron chi connectivity index (χ2n) is 4.13. The number of hydrogen-bond acceptors (Lipinski definition) is 7. The minimum Gasteiger partial charge on any atom is -0.493 e. The Morgan fingerprint density at radius 3 is 2.09 bits per heavy atom. The Bertz CT molecular complexity index is 649. The highest BCUT2D eigenvalue weighted by Crippen LogP contribution is 2.35.